The molecule has 0 bridgehead atoms. The zero-order valence-electron chi connectivity index (χ0n) is 8.57. The van der Waals surface area contributed by atoms with Crippen LogP contribution in [0.1, 0.15) is 12.5 Å². The van der Waals surface area contributed by atoms with E-state index >= 15 is 0 Å². The molecule has 1 aromatic rings. The van der Waals surface area contributed by atoms with E-state index < -0.39 is 0 Å². The van der Waals surface area contributed by atoms with Crippen molar-refractivity contribution < 1.29 is 9.59 Å². The zero-order chi connectivity index (χ0) is 11.1. The van der Waals surface area contributed by atoms with Crippen molar-refractivity contribution in [1.82, 2.24) is 5.32 Å². The summed E-state index contributed by atoms with van der Waals surface area (Å²) < 4.78 is 0. The van der Waals surface area contributed by atoms with Crippen molar-refractivity contribution in [1.29, 1.82) is 0 Å². The zero-order valence-corrected chi connectivity index (χ0v) is 8.57. The highest BCUT2D eigenvalue weighted by atomic mass is 16.2. The number of rotatable bonds is 1. The summed E-state index contributed by atoms with van der Waals surface area (Å²) in [5, 5.41) is 2.03. The second-order valence-electron chi connectivity index (χ2n) is 3.03. The van der Waals surface area contributed by atoms with Gasteiger partial charge >= 0.3 is 0 Å². The molecule has 3 heteroatoms. The predicted molar refractivity (Wildman–Crippen MR) is 58.1 cm³/mol. The smallest absolute Gasteiger partial charge is 0.250 e. The Morgan fingerprint density at radius 3 is 1.80 bits per heavy atom. The van der Waals surface area contributed by atoms with Gasteiger partial charge in [-0.05, 0) is 12.0 Å². The van der Waals surface area contributed by atoms with E-state index in [0.717, 1.165) is 6.42 Å². The maximum absolute atomic E-state index is 10.0. The van der Waals surface area contributed by atoms with Crippen molar-refractivity contribution in [3.8, 4) is 0 Å². The molecule has 0 saturated heterocycles. The molecular formula is C12H13NO2. The molecular weight excluding hydrogens is 190 g/mol. The molecule has 2 rings (SSSR count). The van der Waals surface area contributed by atoms with Crippen molar-refractivity contribution in [2.75, 3.05) is 0 Å². The third kappa shape index (κ3) is 4.22. The predicted octanol–water partition coefficient (Wildman–Crippen LogP) is 1.45. The minimum Gasteiger partial charge on any atom is -0.289 e. The molecule has 0 fully saturated rings. The van der Waals surface area contributed by atoms with Crippen LogP contribution in [0.25, 0.3) is 0 Å². The van der Waals surface area contributed by atoms with Gasteiger partial charge in [-0.15, -0.1) is 0 Å². The molecule has 0 atom stereocenters. The van der Waals surface area contributed by atoms with Crippen LogP contribution in [0.15, 0.2) is 42.5 Å². The number of nitrogens with one attached hydrogen (secondary N) is 1. The largest absolute Gasteiger partial charge is 0.289 e. The highest BCUT2D eigenvalue weighted by Gasteiger charge is 2.06. The summed E-state index contributed by atoms with van der Waals surface area (Å²) >= 11 is 0. The van der Waals surface area contributed by atoms with E-state index in [1.807, 2.05) is 11.4 Å². The Hall–Kier alpha value is -1.90. The summed E-state index contributed by atoms with van der Waals surface area (Å²) in [6.07, 6.45) is 3.53. The number of hydrogen-bond acceptors (Lipinski definition) is 2. The first kappa shape index (κ1) is 11.2. The van der Waals surface area contributed by atoms with Gasteiger partial charge in [-0.1, -0.05) is 37.3 Å². The van der Waals surface area contributed by atoms with E-state index in [1.165, 1.54) is 17.7 Å². The standard InChI is InChI=1S/C8H10.C4H3NO2/c1-2-8-6-4-3-5-7-8;6-3-1-2-4(7)5-3/h3-7H,2H2,1H3;1-2H,(H,5,6,7). The lowest BCUT2D eigenvalue weighted by molar-refractivity contribution is -0.123. The second-order valence-corrected chi connectivity index (χ2v) is 3.03. The molecule has 3 nitrogen and oxygen atoms in total. The molecule has 0 unspecified atom stereocenters. The van der Waals surface area contributed by atoms with Gasteiger partial charge in [0.1, 0.15) is 0 Å². The number of hydrogen-bond donors (Lipinski definition) is 1. The van der Waals surface area contributed by atoms with Crippen LogP contribution in [0.5, 0.6) is 0 Å². The average molecular weight is 203 g/mol. The van der Waals surface area contributed by atoms with Gasteiger partial charge in [0.25, 0.3) is 11.8 Å². The first-order chi connectivity index (χ1) is 7.22. The average Bonchev–Trinajstić information content (AvgIpc) is 2.65. The van der Waals surface area contributed by atoms with Crippen LogP contribution < -0.4 is 5.32 Å². The number of carbonyl (C=O) groups excluding carboxylic acids is 2. The molecule has 78 valence electrons. The molecule has 1 heterocycles. The van der Waals surface area contributed by atoms with Crippen LogP contribution in [-0.2, 0) is 16.0 Å². The molecule has 0 aliphatic carbocycles. The fraction of sp³-hybridized carbons (Fsp3) is 0.167. The summed E-state index contributed by atoms with van der Waals surface area (Å²) in [4.78, 5) is 20.1. The van der Waals surface area contributed by atoms with E-state index in [-0.39, 0.29) is 11.8 Å². The third-order valence-corrected chi connectivity index (χ3v) is 1.88. The van der Waals surface area contributed by atoms with Gasteiger partial charge in [0.2, 0.25) is 0 Å². The monoisotopic (exact) mass is 203 g/mol. The molecule has 1 aliphatic heterocycles. The quantitative estimate of drug-likeness (QED) is 0.702. The number of amides is 2. The van der Waals surface area contributed by atoms with E-state index in [9.17, 15) is 9.59 Å². The lowest BCUT2D eigenvalue weighted by Crippen LogP contribution is -2.19. The van der Waals surface area contributed by atoms with Gasteiger partial charge in [-0.2, -0.15) is 0 Å². The highest BCUT2D eigenvalue weighted by Crippen LogP contribution is 1.96. The fourth-order valence-electron chi connectivity index (χ4n) is 1.07. The molecule has 2 amide bonds. The number of benzene rings is 1. The lowest BCUT2D eigenvalue weighted by Gasteiger charge is -1.89. The van der Waals surface area contributed by atoms with Gasteiger partial charge in [-0.25, -0.2) is 0 Å². The number of imide groups is 1. The summed E-state index contributed by atoms with van der Waals surface area (Å²) in [5.74, 6) is -0.657. The fourth-order valence-corrected chi connectivity index (χ4v) is 1.07. The summed E-state index contributed by atoms with van der Waals surface area (Å²) in [7, 11) is 0. The molecule has 1 aromatic carbocycles. The Kier molecular flexibility index (Phi) is 4.29. The van der Waals surface area contributed by atoms with Crippen LogP contribution in [0, 0.1) is 0 Å². The molecule has 0 spiro atoms. The van der Waals surface area contributed by atoms with Gasteiger partial charge < -0.3 is 0 Å². The first-order valence-electron chi connectivity index (χ1n) is 4.79. The van der Waals surface area contributed by atoms with E-state index in [2.05, 4.69) is 31.2 Å². The van der Waals surface area contributed by atoms with Crippen LogP contribution in [0.2, 0.25) is 0 Å². The van der Waals surface area contributed by atoms with E-state index in [1.54, 1.807) is 0 Å². The SMILES string of the molecule is CCc1ccccc1.O=C1C=CC(=O)N1. The molecule has 0 radical (unpaired) electrons. The lowest BCUT2D eigenvalue weighted by atomic mass is 10.2. The van der Waals surface area contributed by atoms with Crippen molar-refractivity contribution in [3.05, 3.63) is 48.0 Å². The van der Waals surface area contributed by atoms with Gasteiger partial charge in [0.15, 0.2) is 0 Å². The second kappa shape index (κ2) is 5.75. The third-order valence-electron chi connectivity index (χ3n) is 1.88. The van der Waals surface area contributed by atoms with Crippen molar-refractivity contribution >= 4 is 11.8 Å². The van der Waals surface area contributed by atoms with Gasteiger partial charge in [-0.3, -0.25) is 14.9 Å². The maximum atomic E-state index is 10.0. The molecule has 1 N–H and O–H groups in total. The summed E-state index contributed by atoms with van der Waals surface area (Å²) in [6, 6.07) is 10.5. The number of carbonyl (C=O) groups is 2. The summed E-state index contributed by atoms with van der Waals surface area (Å²) in [5.41, 5.74) is 1.41. The molecule has 0 saturated carbocycles. The minimum absolute atomic E-state index is 0.329. The van der Waals surface area contributed by atoms with Crippen molar-refractivity contribution in [3.63, 3.8) is 0 Å². The van der Waals surface area contributed by atoms with E-state index in [4.69, 9.17) is 0 Å². The first-order valence-corrected chi connectivity index (χ1v) is 4.79. The Bertz CT molecular complexity index is 352. The van der Waals surface area contributed by atoms with Gasteiger partial charge in [0, 0.05) is 12.2 Å². The summed E-state index contributed by atoms with van der Waals surface area (Å²) in [6.45, 7) is 2.16. The normalized spacial score (nSPS) is 13.1. The van der Waals surface area contributed by atoms with Crippen molar-refractivity contribution in [2.45, 2.75) is 13.3 Å². The Balaban J connectivity index is 0.000000151. The van der Waals surface area contributed by atoms with E-state index in [0.29, 0.717) is 0 Å². The van der Waals surface area contributed by atoms with Gasteiger partial charge in [0.05, 0.1) is 0 Å². The Morgan fingerprint density at radius 1 is 1.00 bits per heavy atom. The minimum atomic E-state index is -0.329. The van der Waals surface area contributed by atoms with Crippen LogP contribution in [-0.4, -0.2) is 11.8 Å². The van der Waals surface area contributed by atoms with Crippen LogP contribution >= 0.6 is 0 Å². The highest BCUT2D eigenvalue weighted by molar-refractivity contribution is 6.12. The Morgan fingerprint density at radius 2 is 1.53 bits per heavy atom. The van der Waals surface area contributed by atoms with Crippen molar-refractivity contribution in [2.24, 2.45) is 0 Å². The van der Waals surface area contributed by atoms with Crippen LogP contribution in [0.3, 0.4) is 0 Å². The number of aryl methyl sites for hydroxylation is 1. The molecule has 15 heavy (non-hydrogen) atoms. The molecule has 0 aromatic heterocycles. The Labute approximate surface area is 88.8 Å². The van der Waals surface area contributed by atoms with Crippen LogP contribution in [0.4, 0.5) is 0 Å². The maximum Gasteiger partial charge on any atom is 0.250 e. The topological polar surface area (TPSA) is 46.2 Å². The molecule has 1 aliphatic rings.